The predicted octanol–water partition coefficient (Wildman–Crippen LogP) is 4.13. The van der Waals surface area contributed by atoms with Crippen LogP contribution >= 0.6 is 0 Å². The molecule has 0 aliphatic rings. The number of ether oxygens (including phenoxy) is 2. The molecule has 0 unspecified atom stereocenters. The van der Waals surface area contributed by atoms with Gasteiger partial charge in [-0.1, -0.05) is 42.5 Å². The lowest BCUT2D eigenvalue weighted by Crippen LogP contribution is -2.22. The molecule has 2 aromatic carbocycles. The van der Waals surface area contributed by atoms with Crippen LogP contribution in [0.25, 0.3) is 16.8 Å². The van der Waals surface area contributed by atoms with Gasteiger partial charge in [0.15, 0.2) is 0 Å². The molecule has 0 amide bonds. The van der Waals surface area contributed by atoms with E-state index in [9.17, 15) is 4.79 Å². The lowest BCUT2D eigenvalue weighted by Gasteiger charge is -2.10. The molecule has 1 aromatic heterocycles. The van der Waals surface area contributed by atoms with E-state index < -0.39 is 0 Å². The highest BCUT2D eigenvalue weighted by Gasteiger charge is 2.07. The van der Waals surface area contributed by atoms with Crippen LogP contribution in [0.5, 0.6) is 5.75 Å². The first-order valence-corrected chi connectivity index (χ1v) is 8.84. The minimum atomic E-state index is -0.0209. The average molecular weight is 349 g/mol. The Balaban J connectivity index is 1.74. The monoisotopic (exact) mass is 349 g/mol. The van der Waals surface area contributed by atoms with Crippen molar-refractivity contribution in [1.82, 2.24) is 4.57 Å². The molecule has 0 N–H and O–H groups in total. The molecule has 0 atom stereocenters. The minimum absolute atomic E-state index is 0.0209. The molecule has 0 radical (unpaired) electrons. The number of fused-ring (bicyclic) bond motifs is 1. The van der Waals surface area contributed by atoms with Gasteiger partial charge in [-0.2, -0.15) is 0 Å². The van der Waals surface area contributed by atoms with Crippen LogP contribution in [0, 0.1) is 0 Å². The normalized spacial score (nSPS) is 11.3. The fraction of sp³-hybridized carbons (Fsp3) is 0.227. The van der Waals surface area contributed by atoms with Gasteiger partial charge in [0.25, 0.3) is 5.56 Å². The molecule has 134 valence electrons. The van der Waals surface area contributed by atoms with E-state index in [1.807, 2.05) is 73.7 Å². The maximum atomic E-state index is 12.6. The van der Waals surface area contributed by atoms with Crippen molar-refractivity contribution in [2.24, 2.45) is 0 Å². The highest BCUT2D eigenvalue weighted by molar-refractivity contribution is 5.87. The summed E-state index contributed by atoms with van der Waals surface area (Å²) in [6, 6.07) is 17.6. The molecule has 0 saturated heterocycles. The van der Waals surface area contributed by atoms with E-state index in [0.717, 1.165) is 10.9 Å². The van der Waals surface area contributed by atoms with E-state index in [4.69, 9.17) is 9.47 Å². The molecular formula is C22H23NO3. The maximum Gasteiger partial charge on any atom is 0.258 e. The van der Waals surface area contributed by atoms with Gasteiger partial charge in [-0.25, -0.2) is 0 Å². The van der Waals surface area contributed by atoms with Crippen LogP contribution < -0.4 is 10.3 Å². The van der Waals surface area contributed by atoms with Crippen molar-refractivity contribution in [2.45, 2.75) is 13.5 Å². The number of aromatic nitrogens is 1. The van der Waals surface area contributed by atoms with E-state index in [-0.39, 0.29) is 5.56 Å². The number of benzene rings is 2. The third-order valence-corrected chi connectivity index (χ3v) is 4.10. The maximum absolute atomic E-state index is 12.6. The molecule has 0 saturated carbocycles. The van der Waals surface area contributed by atoms with Crippen LogP contribution in [0.1, 0.15) is 12.5 Å². The zero-order valence-corrected chi connectivity index (χ0v) is 14.9. The molecule has 0 fully saturated rings. The van der Waals surface area contributed by atoms with Gasteiger partial charge in [-0.05, 0) is 36.8 Å². The van der Waals surface area contributed by atoms with E-state index in [1.54, 1.807) is 10.8 Å². The molecule has 0 aliphatic heterocycles. The summed E-state index contributed by atoms with van der Waals surface area (Å²) < 4.78 is 12.9. The number of hydrogen-bond acceptors (Lipinski definition) is 3. The SMILES string of the molecule is CCOCCn1ccc2c(OC/C=C/c3ccccc3)cccc2c1=O. The molecule has 0 aliphatic carbocycles. The lowest BCUT2D eigenvalue weighted by molar-refractivity contribution is 0.138. The standard InChI is InChI=1S/C22H23NO3/c1-2-25-17-15-23-14-13-19-20(22(23)24)11-6-12-21(19)26-16-7-10-18-8-4-3-5-9-18/h3-14H,2,15-17H2,1H3/b10-7+. The van der Waals surface area contributed by atoms with Crippen LogP contribution in [0.15, 0.2) is 71.7 Å². The Bertz CT molecular complexity index is 929. The number of hydrogen-bond donors (Lipinski definition) is 0. The fourth-order valence-electron chi connectivity index (χ4n) is 2.78. The van der Waals surface area contributed by atoms with Gasteiger partial charge < -0.3 is 14.0 Å². The zero-order valence-electron chi connectivity index (χ0n) is 14.9. The second-order valence-corrected chi connectivity index (χ2v) is 5.85. The molecule has 4 nitrogen and oxygen atoms in total. The summed E-state index contributed by atoms with van der Waals surface area (Å²) in [4.78, 5) is 12.6. The van der Waals surface area contributed by atoms with Gasteiger partial charge in [0.1, 0.15) is 12.4 Å². The number of rotatable bonds is 8. The van der Waals surface area contributed by atoms with Gasteiger partial charge in [0.2, 0.25) is 0 Å². The Hall–Kier alpha value is -2.85. The van der Waals surface area contributed by atoms with Crippen molar-refractivity contribution < 1.29 is 9.47 Å². The molecular weight excluding hydrogens is 326 g/mol. The third kappa shape index (κ3) is 4.41. The zero-order chi connectivity index (χ0) is 18.2. The Labute approximate surface area is 153 Å². The molecule has 26 heavy (non-hydrogen) atoms. The minimum Gasteiger partial charge on any atom is -0.489 e. The average Bonchev–Trinajstić information content (AvgIpc) is 2.68. The highest BCUT2D eigenvalue weighted by Crippen LogP contribution is 2.23. The van der Waals surface area contributed by atoms with Gasteiger partial charge in [-0.3, -0.25) is 4.79 Å². The summed E-state index contributed by atoms with van der Waals surface area (Å²) in [6.07, 6.45) is 5.79. The van der Waals surface area contributed by atoms with Crippen LogP contribution in [-0.2, 0) is 11.3 Å². The molecule has 0 spiro atoms. The highest BCUT2D eigenvalue weighted by atomic mass is 16.5. The smallest absolute Gasteiger partial charge is 0.258 e. The molecule has 3 aromatic rings. The van der Waals surface area contributed by atoms with E-state index in [1.165, 1.54) is 0 Å². The van der Waals surface area contributed by atoms with Gasteiger partial charge in [-0.15, -0.1) is 0 Å². The van der Waals surface area contributed by atoms with Gasteiger partial charge in [0, 0.05) is 24.7 Å². The molecule has 1 heterocycles. The summed E-state index contributed by atoms with van der Waals surface area (Å²) in [5, 5.41) is 1.49. The summed E-state index contributed by atoms with van der Waals surface area (Å²) in [7, 11) is 0. The van der Waals surface area contributed by atoms with Crippen LogP contribution in [0.4, 0.5) is 0 Å². The molecule has 3 rings (SSSR count). The Kier molecular flexibility index (Phi) is 6.23. The Morgan fingerprint density at radius 2 is 1.85 bits per heavy atom. The van der Waals surface area contributed by atoms with E-state index in [0.29, 0.717) is 37.5 Å². The van der Waals surface area contributed by atoms with Crippen molar-refractivity contribution in [3.63, 3.8) is 0 Å². The summed E-state index contributed by atoms with van der Waals surface area (Å²) in [5.74, 6) is 0.717. The first-order valence-electron chi connectivity index (χ1n) is 8.84. The van der Waals surface area contributed by atoms with Crippen molar-refractivity contribution in [2.75, 3.05) is 19.8 Å². The van der Waals surface area contributed by atoms with Crippen molar-refractivity contribution in [1.29, 1.82) is 0 Å². The topological polar surface area (TPSA) is 40.5 Å². The van der Waals surface area contributed by atoms with Crippen molar-refractivity contribution in [3.05, 3.63) is 82.8 Å². The second-order valence-electron chi connectivity index (χ2n) is 5.85. The van der Waals surface area contributed by atoms with Crippen molar-refractivity contribution in [3.8, 4) is 5.75 Å². The summed E-state index contributed by atoms with van der Waals surface area (Å²) >= 11 is 0. The van der Waals surface area contributed by atoms with E-state index >= 15 is 0 Å². The van der Waals surface area contributed by atoms with Gasteiger partial charge >= 0.3 is 0 Å². The fourth-order valence-corrected chi connectivity index (χ4v) is 2.78. The van der Waals surface area contributed by atoms with Crippen LogP contribution in [0.2, 0.25) is 0 Å². The van der Waals surface area contributed by atoms with Crippen LogP contribution in [-0.4, -0.2) is 24.4 Å². The first-order chi connectivity index (χ1) is 12.8. The van der Waals surface area contributed by atoms with Crippen LogP contribution in [0.3, 0.4) is 0 Å². The molecule has 0 bridgehead atoms. The van der Waals surface area contributed by atoms with Crippen molar-refractivity contribution >= 4 is 16.8 Å². The Morgan fingerprint density at radius 3 is 2.65 bits per heavy atom. The summed E-state index contributed by atoms with van der Waals surface area (Å²) in [5.41, 5.74) is 1.11. The Morgan fingerprint density at radius 1 is 1.00 bits per heavy atom. The predicted molar refractivity (Wildman–Crippen MR) is 106 cm³/mol. The largest absolute Gasteiger partial charge is 0.489 e. The number of pyridine rings is 1. The number of nitrogens with zero attached hydrogens (tertiary/aromatic N) is 1. The van der Waals surface area contributed by atoms with Gasteiger partial charge in [0.05, 0.1) is 12.0 Å². The summed E-state index contributed by atoms with van der Waals surface area (Å²) in [6.45, 7) is 4.12. The molecule has 4 heteroatoms. The lowest BCUT2D eigenvalue weighted by atomic mass is 10.1. The quantitative estimate of drug-likeness (QED) is 0.574. The first kappa shape index (κ1) is 18.0. The van der Waals surface area contributed by atoms with E-state index in [2.05, 4.69) is 0 Å². The second kappa shape index (κ2) is 9.02. The third-order valence-electron chi connectivity index (χ3n) is 4.10.